The van der Waals surface area contributed by atoms with Gasteiger partial charge in [-0.1, -0.05) is 207 Å². The number of aliphatic hydroxyl groups excluding tert-OH is 3. The Morgan fingerprint density at radius 2 is 0.594 bits per heavy atom. The minimum absolute atomic E-state index is 0. The van der Waals surface area contributed by atoms with Gasteiger partial charge < -0.3 is 89.6 Å². The van der Waals surface area contributed by atoms with Gasteiger partial charge in [0.05, 0.1) is 120 Å². The number of esters is 6. The van der Waals surface area contributed by atoms with Crippen LogP contribution in [0.15, 0.2) is 133 Å². The van der Waals surface area contributed by atoms with E-state index >= 15 is 0 Å². The Morgan fingerprint density at radius 3 is 0.804 bits per heavy atom. The van der Waals surface area contributed by atoms with Gasteiger partial charge in [0.1, 0.15) is 47.7 Å². The minimum atomic E-state index is -1.67. The first-order chi connectivity index (χ1) is 66.4. The number of carbonyl (C=O) groups excluding carboxylic acids is 10. The predicted octanol–water partition coefficient (Wildman–Crippen LogP) is 18.8. The fraction of sp³-hybridized carbons (Fsp3) is 0.485. The SMILES string of the molecule is C.C.CCCCCCBr.CCCCCCOc1cc(C(=O)Cl)cc(C(=O)Cl)c1.CCCCCCOc1cc(C(=O)Cl)cc(C(=O)Cl)c1.CCCCCCOc1cc(C(=O)O)cc(C(=O)O)c1.CCCCCCOc1cc(C(=O)OC)cc(C(=O)OC)c1.CCCCCCOc1cc2cc(c1)C(=O)OC/C=C\COC2=O.CCO.COC(=O)c1cc(O)cc(C(=O)OC)c1.O=S(Cl)Cl.OC/C=C\CO.[3H]PC.[H-].[Na+].[Na+].[OH-]. The van der Waals surface area contributed by atoms with Crippen LogP contribution in [0.25, 0.3) is 0 Å². The molecular weight excluding hydrogens is 2110 g/mol. The summed E-state index contributed by atoms with van der Waals surface area (Å²) in [5, 5.41) is 49.3. The molecule has 0 radical (unpaired) electrons. The number of alkyl halides is 1. The molecule has 7 rings (SSSR count). The molecule has 1 heterocycles. The number of hydrogen-bond donors (Lipinski definition) is 6. The summed E-state index contributed by atoms with van der Waals surface area (Å²) in [6.45, 7) is 19.6. The number of cyclic esters (lactones) is 2. The number of rotatable bonds is 46. The van der Waals surface area contributed by atoms with E-state index in [9.17, 15) is 62.6 Å². The topological polar surface area (TPSA) is 475 Å². The van der Waals surface area contributed by atoms with Crippen LogP contribution in [0.4, 0.5) is 0 Å². The summed E-state index contributed by atoms with van der Waals surface area (Å²) in [6.07, 6.45) is 33.3. The molecule has 0 saturated carbocycles. The van der Waals surface area contributed by atoms with Gasteiger partial charge in [0, 0.05) is 55.6 Å². The summed E-state index contributed by atoms with van der Waals surface area (Å²) in [4.78, 5) is 136. The largest absolute Gasteiger partial charge is 1.00 e. The van der Waals surface area contributed by atoms with Gasteiger partial charge in [-0.2, -0.15) is 0 Å². The molecule has 0 aromatic heterocycles. The molecule has 6 aromatic carbocycles. The van der Waals surface area contributed by atoms with Crippen molar-refractivity contribution in [3.63, 3.8) is 0 Å². The van der Waals surface area contributed by atoms with Crippen molar-refractivity contribution in [2.24, 2.45) is 0 Å². The molecule has 0 aliphatic carbocycles. The number of methoxy groups -OCH3 is 4. The molecule has 7 N–H and O–H groups in total. The minimum Gasteiger partial charge on any atom is -1.00 e. The molecule has 1 aliphatic heterocycles. The van der Waals surface area contributed by atoms with Gasteiger partial charge in [0.15, 0.2) is 0 Å². The molecule has 6 aromatic rings. The predicted molar refractivity (Wildman–Crippen MR) is 564 cm³/mol. The molecule has 1 aliphatic rings. The smallest absolute Gasteiger partial charge is 1.00 e. The van der Waals surface area contributed by atoms with Crippen LogP contribution in [0.3, 0.4) is 0 Å². The van der Waals surface area contributed by atoms with Gasteiger partial charge in [0.2, 0.25) is 9.23 Å². The summed E-state index contributed by atoms with van der Waals surface area (Å²) in [6, 6.07) is 25.5. The Morgan fingerprint density at radius 1 is 0.392 bits per heavy atom. The van der Waals surface area contributed by atoms with Crippen LogP contribution in [0.5, 0.6) is 34.5 Å². The van der Waals surface area contributed by atoms with Crippen LogP contribution in [0.1, 0.15) is 343 Å². The second-order valence-electron chi connectivity index (χ2n) is 28.5. The van der Waals surface area contributed by atoms with E-state index in [4.69, 9.17) is 111 Å². The van der Waals surface area contributed by atoms with Crippen molar-refractivity contribution in [2.45, 2.75) is 217 Å². The number of hydrogen-bond acceptors (Lipinski definition) is 29. The van der Waals surface area contributed by atoms with Gasteiger partial charge in [-0.3, -0.25) is 19.2 Å². The molecule has 42 heteroatoms. The summed E-state index contributed by atoms with van der Waals surface area (Å²) in [5.41, 5.74) is 1.97. The number of carboxylic acids is 2. The monoisotopic (exact) mass is 2250 g/mol. The fourth-order valence-electron chi connectivity index (χ4n) is 10.7. The molecule has 798 valence electrons. The van der Waals surface area contributed by atoms with Crippen molar-refractivity contribution in [3.05, 3.63) is 200 Å². The number of unbranched alkanes of at least 4 members (excludes halogenated alkanes) is 18. The zero-order valence-electron chi connectivity index (χ0n) is 84.9. The molecule has 0 spiro atoms. The fourth-order valence-corrected chi connectivity index (χ4v) is 11.6. The van der Waals surface area contributed by atoms with Crippen molar-refractivity contribution in [1.82, 2.24) is 0 Å². The Labute approximate surface area is 933 Å². The van der Waals surface area contributed by atoms with E-state index in [2.05, 4.69) is 97.8 Å². The summed E-state index contributed by atoms with van der Waals surface area (Å²) in [7, 11) is 12.7. The first-order valence-corrected chi connectivity index (χ1v) is 51.0. The molecule has 143 heavy (non-hydrogen) atoms. The Bertz CT molecular complexity index is 4220. The number of carbonyl (C=O) groups is 12. The summed E-state index contributed by atoms with van der Waals surface area (Å²) >= 11 is 25.0. The van der Waals surface area contributed by atoms with Crippen LogP contribution in [-0.2, 0) is 37.6 Å². The molecule has 0 amide bonds. The zero-order chi connectivity index (χ0) is 106. The summed E-state index contributed by atoms with van der Waals surface area (Å²) < 4.78 is 71.5. The third-order valence-electron chi connectivity index (χ3n) is 17.5. The van der Waals surface area contributed by atoms with E-state index in [1.54, 1.807) is 43.3 Å². The molecular formula is C101H146BrCl6Na2O31PS. The van der Waals surface area contributed by atoms with Crippen molar-refractivity contribution in [1.29, 1.82) is 1.28 Å². The standard InChI is InChI=1S/C18H22O5.C16H22O5.2C14H16Cl2O3.C14H18O5.C10H10O5.C6H13Br.C4H8O2.C2H6O.CH5P.2CH4.Cl2OS.2Na.H2O.H/c1-2-3-4-5-8-21-16-12-14-11-15(13-16)18(20)23-10-7-6-9-22-17(14)19;1-4-5-6-7-8-21-14-10-12(15(17)19-2)9-13(11-14)16(18)20-3;2*1-2-3-4-5-6-19-12-8-10(13(15)17)7-11(9-12)14(16)18;1-2-3-4-5-6-19-12-8-10(13(15)16)7-11(9-12)14(17)18;1-14-9(12)6-3-7(10(13)15-2)5-8(11)4-6;1-2-3-4-5-6-7;5-3-1-2-4-6;1-2-3;1-2;;;1-4(2)3;;;;/h6-7,11-13H,2-5,8-10H2,1H3;9-11H,4-8H2,1-3H3;2*7-9H,2-6H2,1H3;7-9H,2-6H2,1H3,(H,15,16)(H,17,18);3-5,11H,1-2H3;2-6H2,1H3;1-2,5-6H,3-4H2;3H,2H2,1H3;2H2,1H3;2*1H4;;;;1H2;/q;;;;;;;;;;;;;2*+1;;-1/p-1/b7-6-;;;;;;;2-1-;;;;;;;;;/i;;;;;;;;;2T;;;;;;;. The Balaban J connectivity index is -0.000000179. The maximum absolute atomic E-state index is 12.0. The second-order valence-corrected chi connectivity index (χ2v) is 33.2. The van der Waals surface area contributed by atoms with E-state index in [0.717, 1.165) is 122 Å². The first-order valence-electron chi connectivity index (χ1n) is 45.1. The zero-order valence-corrected chi connectivity index (χ0v) is 94.9. The molecule has 1 atom stereocenters. The van der Waals surface area contributed by atoms with Crippen molar-refractivity contribution < 1.29 is 211 Å². The maximum Gasteiger partial charge on any atom is 1.00 e. The number of phenols is 1. The van der Waals surface area contributed by atoms with Gasteiger partial charge in [-0.05, 0) is 213 Å². The molecule has 0 fully saturated rings. The number of benzene rings is 6. The van der Waals surface area contributed by atoms with E-state index < -0.39 is 78.0 Å². The Kier molecular flexibility index (Phi) is 108. The number of fused-ring (bicyclic) bond motifs is 2. The summed E-state index contributed by atoms with van der Waals surface area (Å²) in [5.74, 6) is -3.68. The molecule has 2 bridgehead atoms. The van der Waals surface area contributed by atoms with Crippen molar-refractivity contribution in [3.8, 4) is 34.5 Å². The molecule has 0 saturated heterocycles. The Hall–Kier alpha value is -7.32. The molecule has 31 nitrogen and oxygen atoms in total. The molecule has 1 unspecified atom stereocenters. The van der Waals surface area contributed by atoms with Crippen molar-refractivity contribution in [2.75, 3.05) is 107 Å². The van der Waals surface area contributed by atoms with E-state index in [1.165, 1.54) is 163 Å². The third-order valence-corrected chi connectivity index (χ3v) is 18.9. The normalized spacial score (nSPS) is 10.6. The van der Waals surface area contributed by atoms with Crippen LogP contribution in [0, 0.1) is 0 Å². The number of phenolic OH excluding ortho intramolecular Hbond substituents is 1. The number of carboxylic acid groups (broad SMARTS) is 2. The quantitative estimate of drug-likeness (QED) is 0.00302. The van der Waals surface area contributed by atoms with Crippen LogP contribution in [-0.4, -0.2) is 217 Å². The number of halogens is 7. The van der Waals surface area contributed by atoms with Gasteiger partial charge in [-0.25, -0.2) is 42.6 Å². The van der Waals surface area contributed by atoms with Crippen LogP contribution >= 0.6 is 92.9 Å². The first kappa shape index (κ1) is 151. The van der Waals surface area contributed by atoms with Gasteiger partial charge in [-0.15, -0.1) is 9.18 Å². The van der Waals surface area contributed by atoms with Gasteiger partial charge >= 0.3 is 107 Å². The van der Waals surface area contributed by atoms with Crippen LogP contribution < -0.4 is 82.8 Å². The average Bonchev–Trinajstić information content (AvgIpc) is 1.77. The number of aromatic hydroxyl groups is 1. The van der Waals surface area contributed by atoms with E-state index in [-0.39, 0.29) is 181 Å². The van der Waals surface area contributed by atoms with Crippen molar-refractivity contribution >= 4 is 171 Å². The number of aliphatic hydroxyl groups is 3. The maximum atomic E-state index is 12.0. The second kappa shape index (κ2) is 102. The number of aromatic carboxylic acids is 2. The van der Waals surface area contributed by atoms with Gasteiger partial charge in [0.25, 0.3) is 21.0 Å². The number of ether oxygens (including phenoxy) is 11. The average molecular weight is 2260 g/mol. The van der Waals surface area contributed by atoms with E-state index in [0.29, 0.717) is 76.3 Å². The van der Waals surface area contributed by atoms with Crippen LogP contribution in [0.2, 0.25) is 0 Å². The van der Waals surface area contributed by atoms with E-state index in [1.807, 2.05) is 6.66 Å². The third kappa shape index (κ3) is 80.4.